The molecule has 1 aromatic rings. The van der Waals surface area contributed by atoms with Crippen molar-refractivity contribution in [3.8, 4) is 0 Å². The standard InChI is InChI=1S/C9H9IN2O2/c10-12-9(14)6-8(13)11-7-4-2-1-3-5-7/h1-5H,6H2,(H,11,13)(H,12,14). The number of amides is 2. The summed E-state index contributed by atoms with van der Waals surface area (Å²) in [4.78, 5) is 22.0. The highest BCUT2D eigenvalue weighted by atomic mass is 127. The number of carbonyl (C=O) groups is 2. The third kappa shape index (κ3) is 3.73. The Labute approximate surface area is 95.6 Å². The van der Waals surface area contributed by atoms with Gasteiger partial charge >= 0.3 is 0 Å². The van der Waals surface area contributed by atoms with Crippen LogP contribution in [0.1, 0.15) is 6.42 Å². The fourth-order valence-corrected chi connectivity index (χ4v) is 1.10. The van der Waals surface area contributed by atoms with Gasteiger partial charge < -0.3 is 5.32 Å². The predicted molar refractivity (Wildman–Crippen MR) is 61.9 cm³/mol. The van der Waals surface area contributed by atoms with E-state index in [4.69, 9.17) is 0 Å². The van der Waals surface area contributed by atoms with E-state index < -0.39 is 0 Å². The molecule has 14 heavy (non-hydrogen) atoms. The van der Waals surface area contributed by atoms with Gasteiger partial charge in [-0.1, -0.05) is 18.2 Å². The van der Waals surface area contributed by atoms with E-state index >= 15 is 0 Å². The lowest BCUT2D eigenvalue weighted by molar-refractivity contribution is -0.125. The van der Waals surface area contributed by atoms with Gasteiger partial charge in [-0.05, 0) is 12.1 Å². The summed E-state index contributed by atoms with van der Waals surface area (Å²) in [6.45, 7) is 0. The van der Waals surface area contributed by atoms with Crippen molar-refractivity contribution in [2.75, 3.05) is 5.32 Å². The average Bonchev–Trinajstić information content (AvgIpc) is 2.19. The van der Waals surface area contributed by atoms with Gasteiger partial charge in [0, 0.05) is 5.69 Å². The Hall–Kier alpha value is -1.11. The van der Waals surface area contributed by atoms with Crippen LogP contribution in [-0.2, 0) is 9.59 Å². The van der Waals surface area contributed by atoms with Gasteiger partial charge in [-0.25, -0.2) is 0 Å². The lowest BCUT2D eigenvalue weighted by atomic mass is 10.3. The van der Waals surface area contributed by atoms with Crippen LogP contribution in [0.15, 0.2) is 30.3 Å². The maximum Gasteiger partial charge on any atom is 0.238 e. The molecule has 2 amide bonds. The van der Waals surface area contributed by atoms with Gasteiger partial charge in [0.1, 0.15) is 6.42 Å². The quantitative estimate of drug-likeness (QED) is 0.505. The molecule has 4 nitrogen and oxygen atoms in total. The number of rotatable bonds is 3. The molecule has 0 saturated heterocycles. The topological polar surface area (TPSA) is 58.2 Å². The maximum absolute atomic E-state index is 11.2. The predicted octanol–water partition coefficient (Wildman–Crippen LogP) is 1.48. The van der Waals surface area contributed by atoms with E-state index in [2.05, 4.69) is 8.85 Å². The van der Waals surface area contributed by atoms with E-state index in [0.29, 0.717) is 5.69 Å². The van der Waals surface area contributed by atoms with E-state index in [9.17, 15) is 9.59 Å². The summed E-state index contributed by atoms with van der Waals surface area (Å²) in [5.74, 6) is -0.621. The fourth-order valence-electron chi connectivity index (χ4n) is 0.906. The summed E-state index contributed by atoms with van der Waals surface area (Å²) >= 11 is 1.70. The van der Waals surface area contributed by atoms with Gasteiger partial charge in [0.2, 0.25) is 11.8 Å². The molecule has 0 aliphatic heterocycles. The lowest BCUT2D eigenvalue weighted by Crippen LogP contribution is -2.21. The monoisotopic (exact) mass is 304 g/mol. The van der Waals surface area contributed by atoms with Crippen molar-refractivity contribution in [2.45, 2.75) is 6.42 Å². The first kappa shape index (κ1) is 11.0. The van der Waals surface area contributed by atoms with Crippen molar-refractivity contribution in [3.05, 3.63) is 30.3 Å². The van der Waals surface area contributed by atoms with Crippen molar-refractivity contribution in [3.63, 3.8) is 0 Å². The molecule has 0 unspecified atom stereocenters. The number of benzene rings is 1. The number of hydrogen-bond acceptors (Lipinski definition) is 2. The molecule has 0 aliphatic carbocycles. The third-order valence-corrected chi connectivity index (χ3v) is 2.09. The normalized spacial score (nSPS) is 9.21. The molecule has 74 valence electrons. The molecular weight excluding hydrogens is 295 g/mol. The Bertz CT molecular complexity index is 327. The Kier molecular flexibility index (Phi) is 4.37. The molecule has 1 aromatic carbocycles. The van der Waals surface area contributed by atoms with Crippen LogP contribution in [0, 0.1) is 0 Å². The highest BCUT2D eigenvalue weighted by Crippen LogP contribution is 2.05. The molecule has 0 bridgehead atoms. The van der Waals surface area contributed by atoms with Gasteiger partial charge in [0.05, 0.1) is 22.9 Å². The van der Waals surface area contributed by atoms with E-state index in [1.54, 1.807) is 35.0 Å². The van der Waals surface area contributed by atoms with Crippen LogP contribution in [0.2, 0.25) is 0 Å². The summed E-state index contributed by atoms with van der Waals surface area (Å²) in [6, 6.07) is 9.01. The number of hydrogen-bond donors (Lipinski definition) is 2. The molecule has 1 rings (SSSR count). The van der Waals surface area contributed by atoms with E-state index in [1.165, 1.54) is 0 Å². The zero-order chi connectivity index (χ0) is 10.4. The summed E-state index contributed by atoms with van der Waals surface area (Å²) in [7, 11) is 0. The molecule has 0 fully saturated rings. The second-order valence-corrected chi connectivity index (χ2v) is 3.15. The molecule has 0 saturated carbocycles. The molecule has 0 radical (unpaired) electrons. The van der Waals surface area contributed by atoms with Gasteiger partial charge in [-0.15, -0.1) is 0 Å². The number of nitrogens with one attached hydrogen (secondary N) is 2. The molecule has 2 N–H and O–H groups in total. The Balaban J connectivity index is 2.46. The van der Waals surface area contributed by atoms with Crippen LogP contribution >= 0.6 is 22.9 Å². The largest absolute Gasteiger partial charge is 0.326 e. The number of para-hydroxylation sites is 1. The van der Waals surface area contributed by atoms with E-state index in [0.717, 1.165) is 0 Å². The maximum atomic E-state index is 11.2. The van der Waals surface area contributed by atoms with Crippen LogP contribution in [0.5, 0.6) is 0 Å². The van der Waals surface area contributed by atoms with Crippen molar-refractivity contribution in [2.24, 2.45) is 0 Å². The van der Waals surface area contributed by atoms with Crippen molar-refractivity contribution in [1.82, 2.24) is 3.53 Å². The minimum absolute atomic E-state index is 0.155. The first-order valence-electron chi connectivity index (χ1n) is 3.97. The third-order valence-electron chi connectivity index (χ3n) is 1.48. The number of anilines is 1. The van der Waals surface area contributed by atoms with Crippen LogP contribution in [0.3, 0.4) is 0 Å². The number of halogens is 1. The Morgan fingerprint density at radius 3 is 2.36 bits per heavy atom. The molecule has 5 heteroatoms. The second kappa shape index (κ2) is 5.58. The van der Waals surface area contributed by atoms with Gasteiger partial charge in [-0.2, -0.15) is 0 Å². The first-order valence-corrected chi connectivity index (χ1v) is 5.04. The van der Waals surface area contributed by atoms with Crippen molar-refractivity contribution in [1.29, 1.82) is 0 Å². The summed E-state index contributed by atoms with van der Waals surface area (Å²) in [5, 5.41) is 2.60. The van der Waals surface area contributed by atoms with Crippen LogP contribution in [0.4, 0.5) is 5.69 Å². The molecule has 0 aromatic heterocycles. The zero-order valence-electron chi connectivity index (χ0n) is 7.29. The van der Waals surface area contributed by atoms with Gasteiger partial charge in [-0.3, -0.25) is 13.1 Å². The van der Waals surface area contributed by atoms with E-state index in [1.807, 2.05) is 18.2 Å². The zero-order valence-corrected chi connectivity index (χ0v) is 9.45. The molecule has 0 aliphatic rings. The van der Waals surface area contributed by atoms with Crippen LogP contribution < -0.4 is 8.85 Å². The second-order valence-electron chi connectivity index (χ2n) is 2.61. The van der Waals surface area contributed by atoms with Crippen molar-refractivity contribution < 1.29 is 9.59 Å². The molecule has 0 heterocycles. The molecule has 0 spiro atoms. The summed E-state index contributed by atoms with van der Waals surface area (Å²) in [5.41, 5.74) is 0.693. The fraction of sp³-hybridized carbons (Fsp3) is 0.111. The summed E-state index contributed by atoms with van der Waals surface area (Å²) < 4.78 is 2.35. The smallest absolute Gasteiger partial charge is 0.238 e. The van der Waals surface area contributed by atoms with Crippen LogP contribution in [-0.4, -0.2) is 11.8 Å². The summed E-state index contributed by atoms with van der Waals surface area (Å²) in [6.07, 6.45) is -0.155. The van der Waals surface area contributed by atoms with Crippen LogP contribution in [0.25, 0.3) is 0 Å². The molecular formula is C9H9IN2O2. The van der Waals surface area contributed by atoms with Gasteiger partial charge in [0.15, 0.2) is 0 Å². The molecule has 0 atom stereocenters. The van der Waals surface area contributed by atoms with E-state index in [-0.39, 0.29) is 18.2 Å². The minimum atomic E-state index is -0.314. The number of carbonyl (C=O) groups excluding carboxylic acids is 2. The lowest BCUT2D eigenvalue weighted by Gasteiger charge is -2.02. The Morgan fingerprint density at radius 1 is 1.14 bits per heavy atom. The minimum Gasteiger partial charge on any atom is -0.326 e. The first-order chi connectivity index (χ1) is 6.72. The SMILES string of the molecule is O=C(CC(=O)Nc1ccccc1)NI. The highest BCUT2D eigenvalue weighted by molar-refractivity contribution is 14.1. The average molecular weight is 304 g/mol. The van der Waals surface area contributed by atoms with Crippen molar-refractivity contribution >= 4 is 40.4 Å². The highest BCUT2D eigenvalue weighted by Gasteiger charge is 2.07. The van der Waals surface area contributed by atoms with Gasteiger partial charge in [0.25, 0.3) is 0 Å². The Morgan fingerprint density at radius 2 is 1.79 bits per heavy atom.